The van der Waals surface area contributed by atoms with Crippen molar-refractivity contribution < 1.29 is 9.53 Å². The van der Waals surface area contributed by atoms with Crippen LogP contribution in [0.25, 0.3) is 0 Å². The Morgan fingerprint density at radius 3 is 2.71 bits per heavy atom. The van der Waals surface area contributed by atoms with Gasteiger partial charge in [0.2, 0.25) is 5.91 Å². The van der Waals surface area contributed by atoms with E-state index < -0.39 is 0 Å². The Hall–Kier alpha value is -1.89. The van der Waals surface area contributed by atoms with Crippen LogP contribution in [0.5, 0.6) is 0 Å². The van der Waals surface area contributed by atoms with E-state index in [2.05, 4.69) is 25.5 Å². The molecule has 0 atom stereocenters. The second-order valence-corrected chi connectivity index (χ2v) is 5.17. The van der Waals surface area contributed by atoms with E-state index in [9.17, 15) is 4.79 Å². The van der Waals surface area contributed by atoms with Crippen molar-refractivity contribution in [3.05, 3.63) is 11.9 Å². The molecule has 1 aromatic rings. The average Bonchev–Trinajstić information content (AvgIpc) is 2.47. The molecule has 2 rings (SSSR count). The quantitative estimate of drug-likeness (QED) is 0.835. The van der Waals surface area contributed by atoms with Crippen LogP contribution in [0.1, 0.15) is 25.6 Å². The highest BCUT2D eigenvalue weighted by Gasteiger charge is 2.21. The van der Waals surface area contributed by atoms with Crippen LogP contribution < -0.4 is 15.5 Å². The van der Waals surface area contributed by atoms with Gasteiger partial charge in [-0.3, -0.25) is 4.79 Å². The van der Waals surface area contributed by atoms with Crippen molar-refractivity contribution in [1.82, 2.24) is 15.3 Å². The van der Waals surface area contributed by atoms with Gasteiger partial charge in [0.05, 0.1) is 0 Å². The van der Waals surface area contributed by atoms with Gasteiger partial charge in [0.1, 0.15) is 18.2 Å². The lowest BCUT2D eigenvalue weighted by atomic mass is 10.1. The molecule has 1 aliphatic rings. The number of anilines is 2. The molecule has 0 saturated carbocycles. The van der Waals surface area contributed by atoms with Crippen molar-refractivity contribution in [2.24, 2.45) is 0 Å². The van der Waals surface area contributed by atoms with Gasteiger partial charge in [0.25, 0.3) is 0 Å². The van der Waals surface area contributed by atoms with Gasteiger partial charge in [-0.25, -0.2) is 9.97 Å². The smallest absolute Gasteiger partial charge is 0.217 e. The maximum absolute atomic E-state index is 11.1. The van der Waals surface area contributed by atoms with Crippen molar-refractivity contribution in [3.8, 4) is 0 Å². The number of carbonyl (C=O) groups excluding carboxylic acids is 1. The fourth-order valence-corrected chi connectivity index (χ4v) is 2.51. The van der Waals surface area contributed by atoms with E-state index in [1.165, 1.54) is 0 Å². The van der Waals surface area contributed by atoms with Crippen LogP contribution in [0.4, 0.5) is 11.6 Å². The highest BCUT2D eigenvalue weighted by molar-refractivity contribution is 5.73. The molecule has 0 aromatic carbocycles. The van der Waals surface area contributed by atoms with Crippen molar-refractivity contribution in [2.45, 2.75) is 32.4 Å². The third-order valence-corrected chi connectivity index (χ3v) is 3.51. The fraction of sp³-hybridized carbons (Fsp3) is 0.643. The highest BCUT2D eigenvalue weighted by atomic mass is 16.5. The number of methoxy groups -OCH3 is 1. The predicted octanol–water partition coefficient (Wildman–Crippen LogP) is 0.770. The number of hydrogen-bond acceptors (Lipinski definition) is 6. The molecule has 1 amide bonds. The molecular formula is C14H23N5O2. The number of ether oxygens (including phenoxy) is 1. The zero-order valence-electron chi connectivity index (χ0n) is 12.8. The Balaban J connectivity index is 2.05. The number of carbonyl (C=O) groups is 1. The van der Waals surface area contributed by atoms with Crippen LogP contribution in [0, 0.1) is 0 Å². The van der Waals surface area contributed by atoms with E-state index in [0.717, 1.165) is 37.6 Å². The molecule has 0 radical (unpaired) electrons. The van der Waals surface area contributed by atoms with Gasteiger partial charge in [-0.15, -0.1) is 0 Å². The molecule has 2 N–H and O–H groups in total. The summed E-state index contributed by atoms with van der Waals surface area (Å²) in [4.78, 5) is 22.2. The van der Waals surface area contributed by atoms with Crippen LogP contribution in [-0.4, -0.2) is 49.2 Å². The van der Waals surface area contributed by atoms with Gasteiger partial charge in [-0.1, -0.05) is 0 Å². The predicted molar refractivity (Wildman–Crippen MR) is 81.3 cm³/mol. The Labute approximate surface area is 125 Å². The summed E-state index contributed by atoms with van der Waals surface area (Å²) in [6, 6.07) is 2.21. The number of aromatic nitrogens is 2. The molecule has 1 fully saturated rings. The number of nitrogens with one attached hydrogen (secondary N) is 2. The van der Waals surface area contributed by atoms with Gasteiger partial charge < -0.3 is 20.3 Å². The molecule has 2 heterocycles. The number of rotatable bonds is 5. The van der Waals surface area contributed by atoms with Crippen LogP contribution in [0.2, 0.25) is 0 Å². The van der Waals surface area contributed by atoms with E-state index in [1.807, 2.05) is 13.1 Å². The number of piperidine rings is 1. The first-order valence-electron chi connectivity index (χ1n) is 7.19. The second kappa shape index (κ2) is 7.21. The molecule has 116 valence electrons. The Bertz CT molecular complexity index is 486. The van der Waals surface area contributed by atoms with Crippen molar-refractivity contribution >= 4 is 17.5 Å². The molecule has 1 aromatic heterocycles. The highest BCUT2D eigenvalue weighted by Crippen LogP contribution is 2.20. The summed E-state index contributed by atoms with van der Waals surface area (Å²) in [7, 11) is 3.47. The van der Waals surface area contributed by atoms with Crippen LogP contribution in [0.15, 0.2) is 6.07 Å². The lowest BCUT2D eigenvalue weighted by Crippen LogP contribution is -2.44. The SMILES string of the molecule is CNc1cc(N2CCC(NC(C)=O)CC2)nc(COC)n1. The van der Waals surface area contributed by atoms with E-state index >= 15 is 0 Å². The van der Waals surface area contributed by atoms with Crippen molar-refractivity contribution in [3.63, 3.8) is 0 Å². The molecule has 7 heteroatoms. The molecular weight excluding hydrogens is 270 g/mol. The van der Waals surface area contributed by atoms with Gasteiger partial charge >= 0.3 is 0 Å². The first-order chi connectivity index (χ1) is 10.1. The third-order valence-electron chi connectivity index (χ3n) is 3.51. The minimum Gasteiger partial charge on any atom is -0.377 e. The second-order valence-electron chi connectivity index (χ2n) is 5.17. The summed E-state index contributed by atoms with van der Waals surface area (Å²) < 4.78 is 5.11. The first kappa shape index (κ1) is 15.5. The maximum atomic E-state index is 11.1. The Morgan fingerprint density at radius 1 is 1.43 bits per heavy atom. The molecule has 0 unspecified atom stereocenters. The fourth-order valence-electron chi connectivity index (χ4n) is 2.51. The molecule has 0 spiro atoms. The van der Waals surface area contributed by atoms with Crippen LogP contribution >= 0.6 is 0 Å². The summed E-state index contributed by atoms with van der Waals surface area (Å²) in [5, 5.41) is 6.03. The summed E-state index contributed by atoms with van der Waals surface area (Å²) in [5.41, 5.74) is 0. The average molecular weight is 293 g/mol. The van der Waals surface area contributed by atoms with Crippen LogP contribution in [-0.2, 0) is 16.1 Å². The summed E-state index contributed by atoms with van der Waals surface area (Å²) in [6.45, 7) is 3.70. The summed E-state index contributed by atoms with van der Waals surface area (Å²) in [6.07, 6.45) is 1.86. The van der Waals surface area contributed by atoms with Gasteiger partial charge in [-0.2, -0.15) is 0 Å². The zero-order valence-corrected chi connectivity index (χ0v) is 12.8. The topological polar surface area (TPSA) is 79.4 Å². The molecule has 1 aliphatic heterocycles. The molecule has 0 bridgehead atoms. The molecule has 7 nitrogen and oxygen atoms in total. The first-order valence-corrected chi connectivity index (χ1v) is 7.19. The van der Waals surface area contributed by atoms with E-state index in [0.29, 0.717) is 12.4 Å². The number of nitrogens with zero attached hydrogens (tertiary/aromatic N) is 3. The standard InChI is InChI=1S/C14H23N5O2/c1-10(20)16-11-4-6-19(7-5-11)14-8-12(15-2)17-13(18-14)9-21-3/h8,11H,4-7,9H2,1-3H3,(H,16,20)(H,15,17,18). The molecule has 0 aliphatic carbocycles. The van der Waals surface area contributed by atoms with Gasteiger partial charge in [-0.05, 0) is 12.8 Å². The van der Waals surface area contributed by atoms with E-state index in [-0.39, 0.29) is 11.9 Å². The normalized spacial score (nSPS) is 15.9. The summed E-state index contributed by atoms with van der Waals surface area (Å²) in [5.74, 6) is 2.40. The van der Waals surface area contributed by atoms with E-state index in [1.54, 1.807) is 14.0 Å². The Kier molecular flexibility index (Phi) is 5.32. The zero-order chi connectivity index (χ0) is 15.2. The molecule has 21 heavy (non-hydrogen) atoms. The van der Waals surface area contributed by atoms with Gasteiger partial charge in [0, 0.05) is 46.3 Å². The third kappa shape index (κ3) is 4.29. The van der Waals surface area contributed by atoms with Gasteiger partial charge in [0.15, 0.2) is 5.82 Å². The summed E-state index contributed by atoms with van der Waals surface area (Å²) >= 11 is 0. The maximum Gasteiger partial charge on any atom is 0.217 e. The largest absolute Gasteiger partial charge is 0.377 e. The van der Waals surface area contributed by atoms with Crippen molar-refractivity contribution in [1.29, 1.82) is 0 Å². The van der Waals surface area contributed by atoms with Crippen molar-refractivity contribution in [2.75, 3.05) is 37.5 Å². The monoisotopic (exact) mass is 293 g/mol. The molecule has 1 saturated heterocycles. The minimum absolute atomic E-state index is 0.0373. The minimum atomic E-state index is 0.0373. The van der Waals surface area contributed by atoms with Crippen LogP contribution in [0.3, 0.4) is 0 Å². The Morgan fingerprint density at radius 2 is 2.14 bits per heavy atom. The van der Waals surface area contributed by atoms with E-state index in [4.69, 9.17) is 4.74 Å². The lowest BCUT2D eigenvalue weighted by Gasteiger charge is -2.33. The number of amides is 1. The lowest BCUT2D eigenvalue weighted by molar-refractivity contribution is -0.119. The number of hydrogen-bond donors (Lipinski definition) is 2.